The lowest BCUT2D eigenvalue weighted by molar-refractivity contribution is -0.142. The maximum absolute atomic E-state index is 12.9. The summed E-state index contributed by atoms with van der Waals surface area (Å²) in [6, 6.07) is -4.65. The number of nitrogens with one attached hydrogen (secondary N) is 3. The standard InChI is InChI=1S/C19H38N8O6/c1-10(18(32)33)25-17(31)14(11(2)28)27-16(30)13(7-5-9-24-19(22)23)26-15(29)12(21)6-3-4-8-20/h10-14,28H,3-9,20-21H2,1-2H3,(H,25,31)(H,26,29)(H,27,30)(H,32,33)(H4,22,23,24). The Labute approximate surface area is 192 Å². The van der Waals surface area contributed by atoms with E-state index in [2.05, 4.69) is 20.9 Å². The fourth-order valence-electron chi connectivity index (χ4n) is 2.71. The van der Waals surface area contributed by atoms with E-state index in [9.17, 15) is 24.3 Å². The molecule has 0 aromatic carbocycles. The number of aliphatic carboxylic acids is 1. The van der Waals surface area contributed by atoms with E-state index in [4.69, 9.17) is 28.0 Å². The molecule has 33 heavy (non-hydrogen) atoms. The first-order valence-electron chi connectivity index (χ1n) is 10.7. The van der Waals surface area contributed by atoms with Gasteiger partial charge in [0.25, 0.3) is 0 Å². The molecule has 0 radical (unpaired) electrons. The van der Waals surface area contributed by atoms with Crippen LogP contribution in [0, 0.1) is 0 Å². The molecule has 0 fully saturated rings. The Morgan fingerprint density at radius 1 is 0.909 bits per heavy atom. The largest absolute Gasteiger partial charge is 0.480 e. The van der Waals surface area contributed by atoms with Crippen molar-refractivity contribution in [3.05, 3.63) is 0 Å². The molecule has 0 heterocycles. The van der Waals surface area contributed by atoms with Crippen LogP contribution >= 0.6 is 0 Å². The Kier molecular flexibility index (Phi) is 14.4. The van der Waals surface area contributed by atoms with Crippen molar-refractivity contribution in [3.63, 3.8) is 0 Å². The van der Waals surface area contributed by atoms with Crippen molar-refractivity contribution in [2.75, 3.05) is 13.1 Å². The van der Waals surface area contributed by atoms with Crippen LogP contribution in [0.3, 0.4) is 0 Å². The Morgan fingerprint density at radius 2 is 1.55 bits per heavy atom. The van der Waals surface area contributed by atoms with Crippen molar-refractivity contribution >= 4 is 29.7 Å². The number of hydrogen-bond acceptors (Lipinski definition) is 8. The highest BCUT2D eigenvalue weighted by molar-refractivity contribution is 5.94. The number of unbranched alkanes of at least 4 members (excludes halogenated alkanes) is 1. The monoisotopic (exact) mass is 474 g/mol. The van der Waals surface area contributed by atoms with Crippen LogP contribution in [0.1, 0.15) is 46.0 Å². The first kappa shape index (κ1) is 30.0. The third-order valence-electron chi connectivity index (χ3n) is 4.68. The lowest BCUT2D eigenvalue weighted by atomic mass is 10.1. The molecule has 0 rings (SSSR count). The predicted octanol–water partition coefficient (Wildman–Crippen LogP) is -3.56. The lowest BCUT2D eigenvalue weighted by Gasteiger charge is -2.26. The van der Waals surface area contributed by atoms with Gasteiger partial charge in [0.2, 0.25) is 17.7 Å². The second kappa shape index (κ2) is 15.8. The van der Waals surface area contributed by atoms with Gasteiger partial charge in [-0.3, -0.25) is 24.2 Å². The lowest BCUT2D eigenvalue weighted by Crippen LogP contribution is -2.59. The molecule has 14 heteroatoms. The minimum atomic E-state index is -1.45. The van der Waals surface area contributed by atoms with E-state index in [-0.39, 0.29) is 18.9 Å². The highest BCUT2D eigenvalue weighted by Crippen LogP contribution is 2.04. The van der Waals surface area contributed by atoms with E-state index < -0.39 is 54.0 Å². The van der Waals surface area contributed by atoms with Crippen LogP contribution < -0.4 is 38.9 Å². The molecule has 5 atom stereocenters. The second-order valence-electron chi connectivity index (χ2n) is 7.70. The van der Waals surface area contributed by atoms with Gasteiger partial charge in [-0.15, -0.1) is 0 Å². The fraction of sp³-hybridized carbons (Fsp3) is 0.737. The molecule has 14 nitrogen and oxygen atoms in total. The zero-order valence-corrected chi connectivity index (χ0v) is 19.1. The van der Waals surface area contributed by atoms with Gasteiger partial charge in [-0.2, -0.15) is 0 Å². The van der Waals surface area contributed by atoms with Crippen LogP contribution in [0.2, 0.25) is 0 Å². The van der Waals surface area contributed by atoms with Gasteiger partial charge in [0.1, 0.15) is 18.1 Å². The summed E-state index contributed by atoms with van der Waals surface area (Å²) < 4.78 is 0. The molecule has 13 N–H and O–H groups in total. The zero-order valence-electron chi connectivity index (χ0n) is 19.1. The molecule has 0 spiro atoms. The van der Waals surface area contributed by atoms with Gasteiger partial charge in [-0.05, 0) is 46.1 Å². The summed E-state index contributed by atoms with van der Waals surface area (Å²) in [5.74, 6) is -3.62. The SMILES string of the molecule is CC(NC(=O)C(NC(=O)C(CCCN=C(N)N)NC(=O)C(N)CCCCN)C(C)O)C(=O)O. The Morgan fingerprint density at radius 3 is 2.06 bits per heavy atom. The zero-order chi connectivity index (χ0) is 25.6. The number of carbonyl (C=O) groups is 4. The number of guanidine groups is 1. The van der Waals surface area contributed by atoms with Gasteiger partial charge in [0.15, 0.2) is 5.96 Å². The van der Waals surface area contributed by atoms with E-state index in [0.717, 1.165) is 0 Å². The van der Waals surface area contributed by atoms with E-state index >= 15 is 0 Å². The molecular formula is C19H38N8O6. The Hall–Kier alpha value is -2.97. The van der Waals surface area contributed by atoms with Gasteiger partial charge in [0, 0.05) is 6.54 Å². The number of aliphatic hydroxyl groups is 1. The summed E-state index contributed by atoms with van der Waals surface area (Å²) in [6.07, 6.45) is 0.800. The van der Waals surface area contributed by atoms with Gasteiger partial charge < -0.3 is 49.1 Å². The van der Waals surface area contributed by atoms with Gasteiger partial charge in [-0.1, -0.05) is 6.42 Å². The summed E-state index contributed by atoms with van der Waals surface area (Å²) in [4.78, 5) is 52.5. The predicted molar refractivity (Wildman–Crippen MR) is 122 cm³/mol. The maximum Gasteiger partial charge on any atom is 0.325 e. The number of carbonyl (C=O) groups excluding carboxylic acids is 3. The quantitative estimate of drug-likeness (QED) is 0.0603. The third-order valence-corrected chi connectivity index (χ3v) is 4.68. The average molecular weight is 475 g/mol. The molecule has 0 aromatic heterocycles. The Balaban J connectivity index is 5.32. The van der Waals surface area contributed by atoms with Crippen LogP contribution in [0.5, 0.6) is 0 Å². The fourth-order valence-corrected chi connectivity index (χ4v) is 2.71. The van der Waals surface area contributed by atoms with Crippen molar-refractivity contribution in [2.24, 2.45) is 27.9 Å². The smallest absolute Gasteiger partial charge is 0.325 e. The van der Waals surface area contributed by atoms with E-state index in [1.54, 1.807) is 0 Å². The van der Waals surface area contributed by atoms with Crippen LogP contribution in [0.4, 0.5) is 0 Å². The molecule has 0 aliphatic carbocycles. The van der Waals surface area contributed by atoms with Crippen molar-refractivity contribution in [3.8, 4) is 0 Å². The van der Waals surface area contributed by atoms with Gasteiger partial charge >= 0.3 is 5.97 Å². The van der Waals surface area contributed by atoms with Crippen molar-refractivity contribution < 1.29 is 29.4 Å². The number of rotatable bonds is 16. The number of amides is 3. The average Bonchev–Trinajstić information content (AvgIpc) is 2.73. The highest BCUT2D eigenvalue weighted by Gasteiger charge is 2.31. The van der Waals surface area contributed by atoms with Crippen molar-refractivity contribution in [1.29, 1.82) is 0 Å². The summed E-state index contributed by atoms with van der Waals surface area (Å²) in [5, 5.41) is 26.0. The highest BCUT2D eigenvalue weighted by atomic mass is 16.4. The van der Waals surface area contributed by atoms with Crippen LogP contribution in [0.25, 0.3) is 0 Å². The summed E-state index contributed by atoms with van der Waals surface area (Å²) >= 11 is 0. The number of nitrogens with zero attached hydrogens (tertiary/aromatic N) is 1. The topological polar surface area (TPSA) is 261 Å². The third kappa shape index (κ3) is 12.6. The molecule has 0 aromatic rings. The molecule has 5 unspecified atom stereocenters. The summed E-state index contributed by atoms with van der Waals surface area (Å²) in [6.45, 7) is 3.16. The van der Waals surface area contributed by atoms with Crippen LogP contribution in [-0.2, 0) is 19.2 Å². The molecular weight excluding hydrogens is 436 g/mol. The minimum Gasteiger partial charge on any atom is -0.480 e. The molecule has 0 saturated heterocycles. The second-order valence-corrected chi connectivity index (χ2v) is 7.70. The number of aliphatic imine (C=N–C) groups is 1. The van der Waals surface area contributed by atoms with Gasteiger partial charge in [-0.25, -0.2) is 0 Å². The molecule has 0 saturated carbocycles. The number of hydrogen-bond donors (Lipinski definition) is 9. The first-order valence-corrected chi connectivity index (χ1v) is 10.7. The molecule has 0 aliphatic rings. The number of nitrogens with two attached hydrogens (primary N) is 4. The number of carboxylic acids is 1. The maximum atomic E-state index is 12.9. The van der Waals surface area contributed by atoms with Crippen LogP contribution in [0.15, 0.2) is 4.99 Å². The van der Waals surface area contributed by atoms with Crippen molar-refractivity contribution in [2.45, 2.75) is 76.2 Å². The molecule has 0 bridgehead atoms. The van der Waals surface area contributed by atoms with E-state index in [1.165, 1.54) is 13.8 Å². The molecule has 0 aliphatic heterocycles. The summed E-state index contributed by atoms with van der Waals surface area (Å²) in [5.41, 5.74) is 21.9. The molecule has 190 valence electrons. The van der Waals surface area contributed by atoms with Crippen LogP contribution in [-0.4, -0.2) is 83.2 Å². The van der Waals surface area contributed by atoms with E-state index in [0.29, 0.717) is 32.2 Å². The normalized spacial score (nSPS) is 15.3. The van der Waals surface area contributed by atoms with E-state index in [1.807, 2.05) is 0 Å². The number of carboxylic acid groups (broad SMARTS) is 1. The number of aliphatic hydroxyl groups excluding tert-OH is 1. The summed E-state index contributed by atoms with van der Waals surface area (Å²) in [7, 11) is 0. The minimum absolute atomic E-state index is 0.115. The molecule has 3 amide bonds. The Bertz CT molecular complexity index is 683. The first-order chi connectivity index (χ1) is 15.4. The van der Waals surface area contributed by atoms with Crippen molar-refractivity contribution in [1.82, 2.24) is 16.0 Å². The van der Waals surface area contributed by atoms with Gasteiger partial charge in [0.05, 0.1) is 12.1 Å².